The summed E-state index contributed by atoms with van der Waals surface area (Å²) in [6.07, 6.45) is 0. The minimum atomic E-state index is -0.0537. The maximum Gasteiger partial charge on any atom is 0.280 e. The molecule has 1 heterocycles. The van der Waals surface area contributed by atoms with Crippen LogP contribution in [-0.2, 0) is 11.3 Å². The number of aromatic nitrogens is 1. The van der Waals surface area contributed by atoms with E-state index in [1.54, 1.807) is 30.3 Å². The molecule has 1 unspecified atom stereocenters. The highest BCUT2D eigenvalue weighted by Crippen LogP contribution is 2.20. The molecule has 0 radical (unpaired) electrons. The van der Waals surface area contributed by atoms with E-state index in [0.717, 1.165) is 22.0 Å². The first-order valence-electron chi connectivity index (χ1n) is 6.37. The van der Waals surface area contributed by atoms with Crippen molar-refractivity contribution in [2.45, 2.75) is 19.5 Å². The Labute approximate surface area is 117 Å². The number of amides is 1. The average molecular weight is 278 g/mol. The summed E-state index contributed by atoms with van der Waals surface area (Å²) in [5, 5.41) is 1.08. The smallest absolute Gasteiger partial charge is 0.280 e. The van der Waals surface area contributed by atoms with Gasteiger partial charge in [0.1, 0.15) is 11.6 Å². The van der Waals surface area contributed by atoms with Gasteiger partial charge in [-0.25, -0.2) is 4.98 Å². The van der Waals surface area contributed by atoms with Crippen LogP contribution in [0.15, 0.2) is 24.3 Å². The molecule has 19 heavy (non-hydrogen) atoms. The van der Waals surface area contributed by atoms with E-state index in [-0.39, 0.29) is 11.9 Å². The van der Waals surface area contributed by atoms with Crippen molar-refractivity contribution >= 4 is 27.5 Å². The van der Waals surface area contributed by atoms with Crippen molar-refractivity contribution in [3.63, 3.8) is 0 Å². The number of para-hydroxylation sites is 1. The Morgan fingerprint density at radius 3 is 2.74 bits per heavy atom. The lowest BCUT2D eigenvalue weighted by Crippen LogP contribution is -3.12. The highest BCUT2D eigenvalue weighted by atomic mass is 32.1. The van der Waals surface area contributed by atoms with Crippen LogP contribution in [-0.4, -0.2) is 43.0 Å². The van der Waals surface area contributed by atoms with Gasteiger partial charge in [-0.2, -0.15) is 0 Å². The Hall–Kier alpha value is -1.46. The van der Waals surface area contributed by atoms with Gasteiger partial charge in [0.05, 0.1) is 17.3 Å². The summed E-state index contributed by atoms with van der Waals surface area (Å²) in [6, 6.07) is 8.08. The van der Waals surface area contributed by atoms with Gasteiger partial charge in [0, 0.05) is 14.1 Å². The number of likely N-dealkylation sites (N-methyl/N-ethyl adjacent to an activating group) is 2. The number of carbonyl (C=O) groups is 1. The molecule has 4 nitrogen and oxygen atoms in total. The third-order valence-corrected chi connectivity index (χ3v) is 4.36. The number of carbonyl (C=O) groups excluding carboxylic acids is 1. The van der Waals surface area contributed by atoms with Crippen LogP contribution in [0.25, 0.3) is 10.2 Å². The number of nitrogens with one attached hydrogen (secondary N) is 1. The number of fused-ring (bicyclic) bond motifs is 1. The molecule has 0 saturated heterocycles. The predicted octanol–water partition coefficient (Wildman–Crippen LogP) is 0.788. The fourth-order valence-electron chi connectivity index (χ4n) is 1.99. The summed E-state index contributed by atoms with van der Waals surface area (Å²) in [5.41, 5.74) is 1.04. The maximum atomic E-state index is 11.9. The van der Waals surface area contributed by atoms with Crippen LogP contribution < -0.4 is 4.90 Å². The van der Waals surface area contributed by atoms with Crippen molar-refractivity contribution in [3.8, 4) is 0 Å². The van der Waals surface area contributed by atoms with Crippen LogP contribution in [0.3, 0.4) is 0 Å². The average Bonchev–Trinajstić information content (AvgIpc) is 2.78. The van der Waals surface area contributed by atoms with Gasteiger partial charge in [-0.3, -0.25) is 4.79 Å². The Morgan fingerprint density at radius 1 is 1.42 bits per heavy atom. The first kappa shape index (κ1) is 14.0. The van der Waals surface area contributed by atoms with Gasteiger partial charge in [0.25, 0.3) is 5.91 Å². The third kappa shape index (κ3) is 3.11. The van der Waals surface area contributed by atoms with Crippen molar-refractivity contribution in [2.75, 3.05) is 21.1 Å². The Balaban J connectivity index is 2.10. The summed E-state index contributed by atoms with van der Waals surface area (Å²) in [4.78, 5) is 19.4. The van der Waals surface area contributed by atoms with Gasteiger partial charge >= 0.3 is 0 Å². The lowest BCUT2D eigenvalue weighted by Gasteiger charge is -2.22. The topological polar surface area (TPSA) is 37.6 Å². The molecule has 0 bridgehead atoms. The first-order valence-corrected chi connectivity index (χ1v) is 7.18. The van der Waals surface area contributed by atoms with Crippen molar-refractivity contribution in [1.82, 2.24) is 9.88 Å². The van der Waals surface area contributed by atoms with E-state index < -0.39 is 0 Å². The summed E-state index contributed by atoms with van der Waals surface area (Å²) >= 11 is 1.71. The summed E-state index contributed by atoms with van der Waals surface area (Å²) in [5.74, 6) is 0.151. The molecule has 0 aliphatic heterocycles. The van der Waals surface area contributed by atoms with Crippen LogP contribution in [0.5, 0.6) is 0 Å². The molecule has 2 rings (SSSR count). The van der Waals surface area contributed by atoms with E-state index in [0.29, 0.717) is 0 Å². The molecule has 1 amide bonds. The number of hydrogen-bond donors (Lipinski definition) is 1. The normalized spacial score (nSPS) is 14.3. The molecule has 5 heteroatoms. The number of nitrogens with zero attached hydrogens (tertiary/aromatic N) is 2. The van der Waals surface area contributed by atoms with Crippen molar-refractivity contribution in [3.05, 3.63) is 29.3 Å². The summed E-state index contributed by atoms with van der Waals surface area (Å²) < 4.78 is 1.21. The Bertz CT molecular complexity index is 546. The minimum Gasteiger partial charge on any atom is -0.344 e. The van der Waals surface area contributed by atoms with E-state index >= 15 is 0 Å². The number of hydrogen-bond acceptors (Lipinski definition) is 3. The largest absolute Gasteiger partial charge is 0.344 e. The van der Waals surface area contributed by atoms with Crippen molar-refractivity contribution in [1.29, 1.82) is 0 Å². The fraction of sp³-hybridized carbons (Fsp3) is 0.429. The Kier molecular flexibility index (Phi) is 4.17. The lowest BCUT2D eigenvalue weighted by molar-refractivity contribution is -0.908. The molecule has 0 fully saturated rings. The second-order valence-electron chi connectivity index (χ2n) is 5.05. The molecule has 1 N–H and O–H groups in total. The summed E-state index contributed by atoms with van der Waals surface area (Å²) in [6.45, 7) is 2.74. The van der Waals surface area contributed by atoms with Gasteiger partial charge in [0.2, 0.25) is 0 Å². The van der Waals surface area contributed by atoms with Crippen LogP contribution in [0.1, 0.15) is 11.9 Å². The van der Waals surface area contributed by atoms with E-state index in [2.05, 4.69) is 11.1 Å². The molecule has 0 saturated carbocycles. The van der Waals surface area contributed by atoms with Gasteiger partial charge in [-0.05, 0) is 19.1 Å². The van der Waals surface area contributed by atoms with Crippen LogP contribution in [0.4, 0.5) is 0 Å². The molecule has 1 aromatic carbocycles. The monoisotopic (exact) mass is 278 g/mol. The maximum absolute atomic E-state index is 11.9. The van der Waals surface area contributed by atoms with E-state index in [1.807, 2.05) is 32.2 Å². The fourth-order valence-corrected chi connectivity index (χ4v) is 3.05. The molecular weight excluding hydrogens is 258 g/mol. The highest BCUT2D eigenvalue weighted by Gasteiger charge is 2.24. The minimum absolute atomic E-state index is 0.0537. The summed E-state index contributed by atoms with van der Waals surface area (Å²) in [7, 11) is 5.63. The second kappa shape index (κ2) is 5.67. The van der Waals surface area contributed by atoms with E-state index in [1.165, 1.54) is 4.70 Å². The van der Waals surface area contributed by atoms with Gasteiger partial charge < -0.3 is 9.80 Å². The zero-order chi connectivity index (χ0) is 14.0. The number of rotatable bonds is 4. The van der Waals surface area contributed by atoms with Crippen molar-refractivity contribution in [2.24, 2.45) is 0 Å². The van der Waals surface area contributed by atoms with Crippen LogP contribution >= 0.6 is 11.3 Å². The standard InChI is InChI=1S/C14H19N3OS/c1-10(14(18)16(2)3)17(4)9-13-15-11-7-5-6-8-12(11)19-13/h5-8,10H,9H2,1-4H3/p+1/t10-/m1/s1. The van der Waals surface area contributed by atoms with Gasteiger partial charge in [-0.1, -0.05) is 12.1 Å². The molecule has 1 aromatic heterocycles. The molecule has 102 valence electrons. The zero-order valence-corrected chi connectivity index (χ0v) is 12.6. The number of quaternary nitrogens is 1. The Morgan fingerprint density at radius 2 is 2.11 bits per heavy atom. The zero-order valence-electron chi connectivity index (χ0n) is 11.8. The van der Waals surface area contributed by atoms with Crippen molar-refractivity contribution < 1.29 is 9.69 Å². The molecule has 2 aromatic rings. The molecule has 0 aliphatic carbocycles. The van der Waals surface area contributed by atoms with Crippen LogP contribution in [0.2, 0.25) is 0 Å². The molecule has 2 atom stereocenters. The molecular formula is C14H20N3OS+. The highest BCUT2D eigenvalue weighted by molar-refractivity contribution is 7.18. The predicted molar refractivity (Wildman–Crippen MR) is 78.4 cm³/mol. The molecule has 0 aliphatic rings. The van der Waals surface area contributed by atoms with Gasteiger partial charge in [-0.15, -0.1) is 11.3 Å². The lowest BCUT2D eigenvalue weighted by atomic mass is 10.2. The van der Waals surface area contributed by atoms with E-state index in [9.17, 15) is 4.79 Å². The second-order valence-corrected chi connectivity index (χ2v) is 6.17. The van der Waals surface area contributed by atoms with Crippen LogP contribution in [0, 0.1) is 0 Å². The third-order valence-electron chi connectivity index (χ3n) is 3.32. The molecule has 0 spiro atoms. The van der Waals surface area contributed by atoms with Gasteiger partial charge in [0.15, 0.2) is 6.04 Å². The quantitative estimate of drug-likeness (QED) is 0.898. The number of thiazole rings is 1. The SMILES string of the molecule is C[C@H](C(=O)N(C)C)[NH+](C)Cc1nc2ccccc2s1. The van der Waals surface area contributed by atoms with E-state index in [4.69, 9.17) is 0 Å². The first-order chi connectivity index (χ1) is 8.99. The number of benzene rings is 1.